The molecule has 1 aromatic carbocycles. The van der Waals surface area contributed by atoms with E-state index in [0.29, 0.717) is 44.8 Å². The van der Waals surface area contributed by atoms with Crippen molar-refractivity contribution in [1.29, 1.82) is 0 Å². The van der Waals surface area contributed by atoms with Crippen molar-refractivity contribution in [2.45, 2.75) is 46.7 Å². The summed E-state index contributed by atoms with van der Waals surface area (Å²) >= 11 is 0. The van der Waals surface area contributed by atoms with Crippen LogP contribution in [0.1, 0.15) is 49.3 Å². The Labute approximate surface area is 190 Å². The van der Waals surface area contributed by atoms with E-state index in [0.717, 1.165) is 28.3 Å². The highest BCUT2D eigenvalue weighted by atomic mass is 127. The number of hydrogen-bond donors (Lipinski definition) is 2. The van der Waals surface area contributed by atoms with Gasteiger partial charge in [0.05, 0.1) is 18.8 Å². The number of rotatable bonds is 10. The molecule has 2 aromatic rings. The van der Waals surface area contributed by atoms with Gasteiger partial charge in [-0.05, 0) is 31.4 Å². The molecule has 0 atom stereocenters. The second-order valence-corrected chi connectivity index (χ2v) is 6.81. The molecule has 1 heterocycles. The number of aliphatic imine (C=N–C) groups is 1. The van der Waals surface area contributed by atoms with Gasteiger partial charge in [0.15, 0.2) is 11.7 Å². The van der Waals surface area contributed by atoms with E-state index in [4.69, 9.17) is 14.0 Å². The highest BCUT2D eigenvalue weighted by molar-refractivity contribution is 14.0. The fourth-order valence-corrected chi connectivity index (χ4v) is 2.55. The van der Waals surface area contributed by atoms with Gasteiger partial charge >= 0.3 is 0 Å². The molecule has 0 saturated carbocycles. The van der Waals surface area contributed by atoms with Crippen molar-refractivity contribution in [3.05, 3.63) is 46.8 Å². The number of aromatic nitrogens is 1. The standard InChI is InChI=1S/C21H32N4O3.HI/c1-6-26-9-10-27-20-11-16(4)7-8-17(20)13-23-21(22-5)24-14-18-12-19(15(2)3)25-28-18;/h7-8,11-12,15H,6,9-10,13-14H2,1-5H3,(H2,22,23,24);1H. The Balaban J connectivity index is 0.00000420. The number of aryl methyl sites for hydroxylation is 1. The summed E-state index contributed by atoms with van der Waals surface area (Å²) in [6, 6.07) is 8.15. The van der Waals surface area contributed by atoms with Gasteiger partial charge in [-0.25, -0.2) is 0 Å². The molecule has 0 unspecified atom stereocenters. The van der Waals surface area contributed by atoms with Crippen molar-refractivity contribution in [3.63, 3.8) is 0 Å². The van der Waals surface area contributed by atoms with E-state index in [1.165, 1.54) is 0 Å². The van der Waals surface area contributed by atoms with Crippen LogP contribution in [0.4, 0.5) is 0 Å². The fraction of sp³-hybridized carbons (Fsp3) is 0.524. The van der Waals surface area contributed by atoms with Crippen LogP contribution in [0.5, 0.6) is 5.75 Å². The predicted molar refractivity (Wildman–Crippen MR) is 126 cm³/mol. The first-order chi connectivity index (χ1) is 13.5. The molecule has 7 nitrogen and oxygen atoms in total. The number of guanidine groups is 1. The van der Waals surface area contributed by atoms with E-state index >= 15 is 0 Å². The minimum atomic E-state index is 0. The zero-order chi connectivity index (χ0) is 20.4. The molecule has 8 heteroatoms. The molecule has 0 radical (unpaired) electrons. The molecule has 0 aliphatic rings. The van der Waals surface area contributed by atoms with Crippen molar-refractivity contribution >= 4 is 29.9 Å². The third kappa shape index (κ3) is 8.61. The second-order valence-electron chi connectivity index (χ2n) is 6.81. The Morgan fingerprint density at radius 1 is 1.17 bits per heavy atom. The van der Waals surface area contributed by atoms with Crippen LogP contribution in [0.15, 0.2) is 33.8 Å². The van der Waals surface area contributed by atoms with E-state index in [2.05, 4.69) is 53.7 Å². The summed E-state index contributed by atoms with van der Waals surface area (Å²) in [4.78, 5) is 4.27. The lowest BCUT2D eigenvalue weighted by molar-refractivity contribution is 0.110. The second kappa shape index (κ2) is 13.4. The SMILES string of the molecule is CCOCCOc1cc(C)ccc1CNC(=NC)NCc1cc(C(C)C)no1.I. The zero-order valence-electron chi connectivity index (χ0n) is 17.9. The minimum Gasteiger partial charge on any atom is -0.491 e. The molecule has 0 spiro atoms. The van der Waals surface area contributed by atoms with Crippen molar-refractivity contribution in [3.8, 4) is 5.75 Å². The summed E-state index contributed by atoms with van der Waals surface area (Å²) in [5, 5.41) is 10.6. The van der Waals surface area contributed by atoms with Crippen LogP contribution >= 0.6 is 24.0 Å². The maximum absolute atomic E-state index is 5.89. The number of benzene rings is 1. The van der Waals surface area contributed by atoms with E-state index in [1.54, 1.807) is 7.05 Å². The van der Waals surface area contributed by atoms with Crippen molar-refractivity contribution < 1.29 is 14.0 Å². The molecule has 0 aliphatic carbocycles. The van der Waals surface area contributed by atoms with E-state index < -0.39 is 0 Å². The lowest BCUT2D eigenvalue weighted by Gasteiger charge is -2.15. The van der Waals surface area contributed by atoms with Crippen LogP contribution in [-0.2, 0) is 17.8 Å². The maximum atomic E-state index is 5.89. The molecule has 1 aromatic heterocycles. The van der Waals surface area contributed by atoms with Crippen LogP contribution in [-0.4, -0.2) is 38.0 Å². The Kier molecular flexibility index (Phi) is 11.7. The van der Waals surface area contributed by atoms with E-state index in [1.807, 2.05) is 19.1 Å². The average molecular weight is 516 g/mol. The van der Waals surface area contributed by atoms with Gasteiger partial charge in [-0.3, -0.25) is 4.99 Å². The predicted octanol–water partition coefficient (Wildman–Crippen LogP) is 4.00. The van der Waals surface area contributed by atoms with Gasteiger partial charge in [0, 0.05) is 31.8 Å². The van der Waals surface area contributed by atoms with Gasteiger partial charge in [-0.1, -0.05) is 31.1 Å². The molecule has 0 bridgehead atoms. The first-order valence-electron chi connectivity index (χ1n) is 9.73. The molecule has 2 N–H and O–H groups in total. The third-order valence-corrected chi connectivity index (χ3v) is 4.18. The number of ether oxygens (including phenoxy) is 2. The van der Waals surface area contributed by atoms with Crippen molar-refractivity contribution in [2.24, 2.45) is 4.99 Å². The number of nitrogens with one attached hydrogen (secondary N) is 2. The molecular weight excluding hydrogens is 483 g/mol. The maximum Gasteiger partial charge on any atom is 0.191 e. The molecule has 0 amide bonds. The molecular formula is C21H33IN4O3. The van der Waals surface area contributed by atoms with Crippen LogP contribution in [0.25, 0.3) is 0 Å². The number of halogens is 1. The molecule has 2 rings (SSSR count). The molecule has 0 saturated heterocycles. The van der Waals surface area contributed by atoms with Gasteiger partial charge < -0.3 is 24.6 Å². The summed E-state index contributed by atoms with van der Waals surface area (Å²) in [5.41, 5.74) is 3.17. The largest absolute Gasteiger partial charge is 0.491 e. The third-order valence-electron chi connectivity index (χ3n) is 4.18. The van der Waals surface area contributed by atoms with Crippen molar-refractivity contribution in [2.75, 3.05) is 26.9 Å². The normalized spacial score (nSPS) is 11.3. The van der Waals surface area contributed by atoms with Crippen LogP contribution < -0.4 is 15.4 Å². The molecule has 0 fully saturated rings. The lowest BCUT2D eigenvalue weighted by Crippen LogP contribution is -2.36. The Hall–Kier alpha value is -1.81. The summed E-state index contributed by atoms with van der Waals surface area (Å²) < 4.78 is 16.6. The smallest absolute Gasteiger partial charge is 0.191 e. The van der Waals surface area contributed by atoms with Crippen LogP contribution in [0.3, 0.4) is 0 Å². The Morgan fingerprint density at radius 3 is 2.59 bits per heavy atom. The highest BCUT2D eigenvalue weighted by Crippen LogP contribution is 2.20. The first-order valence-corrected chi connectivity index (χ1v) is 9.73. The number of hydrogen-bond acceptors (Lipinski definition) is 5. The van der Waals surface area contributed by atoms with Crippen molar-refractivity contribution in [1.82, 2.24) is 15.8 Å². The van der Waals surface area contributed by atoms with Gasteiger partial charge in [0.2, 0.25) is 0 Å². The molecule has 162 valence electrons. The lowest BCUT2D eigenvalue weighted by atomic mass is 10.1. The summed E-state index contributed by atoms with van der Waals surface area (Å²) in [6.45, 7) is 11.1. The summed E-state index contributed by atoms with van der Waals surface area (Å²) in [7, 11) is 1.74. The van der Waals surface area contributed by atoms with E-state index in [-0.39, 0.29) is 24.0 Å². The van der Waals surface area contributed by atoms with Gasteiger partial charge in [0.1, 0.15) is 12.4 Å². The quantitative estimate of drug-likeness (QED) is 0.215. The van der Waals surface area contributed by atoms with Gasteiger partial charge in [-0.2, -0.15) is 0 Å². The minimum absolute atomic E-state index is 0. The fourth-order valence-electron chi connectivity index (χ4n) is 2.55. The first kappa shape index (κ1) is 25.2. The molecule has 0 aliphatic heterocycles. The topological polar surface area (TPSA) is 80.9 Å². The summed E-state index contributed by atoms with van der Waals surface area (Å²) in [5.74, 6) is 2.67. The Bertz CT molecular complexity index is 762. The summed E-state index contributed by atoms with van der Waals surface area (Å²) in [6.07, 6.45) is 0. The van der Waals surface area contributed by atoms with Gasteiger partial charge in [0.25, 0.3) is 0 Å². The zero-order valence-corrected chi connectivity index (χ0v) is 20.3. The monoisotopic (exact) mass is 516 g/mol. The van der Waals surface area contributed by atoms with E-state index in [9.17, 15) is 0 Å². The molecule has 29 heavy (non-hydrogen) atoms. The van der Waals surface area contributed by atoms with Crippen LogP contribution in [0, 0.1) is 6.92 Å². The van der Waals surface area contributed by atoms with Gasteiger partial charge in [-0.15, -0.1) is 24.0 Å². The average Bonchev–Trinajstić information content (AvgIpc) is 3.16. The van der Waals surface area contributed by atoms with Crippen LogP contribution in [0.2, 0.25) is 0 Å². The Morgan fingerprint density at radius 2 is 1.93 bits per heavy atom. The number of nitrogens with zero attached hydrogens (tertiary/aromatic N) is 2. The highest BCUT2D eigenvalue weighted by Gasteiger charge is 2.09.